The molecule has 1 amide bonds. The molecule has 1 aromatic carbocycles. The van der Waals surface area contributed by atoms with Gasteiger partial charge in [-0.2, -0.15) is 13.2 Å². The number of alkyl halides is 3. The molecule has 0 saturated carbocycles. The predicted molar refractivity (Wildman–Crippen MR) is 105 cm³/mol. The number of thiazole rings is 1. The van der Waals surface area contributed by atoms with Crippen LogP contribution < -0.4 is 10.6 Å². The van der Waals surface area contributed by atoms with Crippen LogP contribution in [-0.4, -0.2) is 45.9 Å². The third kappa shape index (κ3) is 6.29. The van der Waals surface area contributed by atoms with Gasteiger partial charge in [0.05, 0.1) is 33.9 Å². The van der Waals surface area contributed by atoms with Crippen LogP contribution in [0.3, 0.4) is 0 Å². The zero-order valence-corrected chi connectivity index (χ0v) is 16.8. The lowest BCUT2D eigenvalue weighted by Gasteiger charge is -2.15. The Bertz CT molecular complexity index is 926. The Morgan fingerprint density at radius 1 is 1.30 bits per heavy atom. The number of hydrogen-bond donors (Lipinski definition) is 4. The average molecular weight is 443 g/mol. The predicted octanol–water partition coefficient (Wildman–Crippen LogP) is 2.78. The molecule has 1 aliphatic rings. The summed E-state index contributed by atoms with van der Waals surface area (Å²) in [7, 11) is 0. The number of carbonyl (C=O) groups is 2. The highest BCUT2D eigenvalue weighted by Gasteiger charge is 2.38. The molecule has 0 aliphatic carbocycles. The Hall–Kier alpha value is -2.92. The molecule has 0 radical (unpaired) electrons. The summed E-state index contributed by atoms with van der Waals surface area (Å²) in [6.07, 6.45) is -4.13. The Balaban J connectivity index is 0.000000396. The molecule has 1 aromatic heterocycles. The molecular formula is C19H20F3N3O4S. The van der Waals surface area contributed by atoms with Gasteiger partial charge in [0, 0.05) is 6.54 Å². The van der Waals surface area contributed by atoms with Crippen molar-refractivity contribution in [3.63, 3.8) is 0 Å². The van der Waals surface area contributed by atoms with E-state index >= 15 is 0 Å². The molecule has 2 heterocycles. The second-order valence-electron chi connectivity index (χ2n) is 6.42. The summed E-state index contributed by atoms with van der Waals surface area (Å²) >= 11 is 1.62. The van der Waals surface area contributed by atoms with Crippen LogP contribution in [0.4, 0.5) is 13.2 Å². The van der Waals surface area contributed by atoms with Crippen LogP contribution in [0.5, 0.6) is 0 Å². The molecule has 2 aromatic rings. The summed E-state index contributed by atoms with van der Waals surface area (Å²) in [6.45, 7) is 4.33. The van der Waals surface area contributed by atoms with E-state index in [4.69, 9.17) is 9.90 Å². The maximum absolute atomic E-state index is 12.1. The Kier molecular flexibility index (Phi) is 7.57. The minimum atomic E-state index is -5.08. The van der Waals surface area contributed by atoms with Crippen molar-refractivity contribution in [1.29, 1.82) is 0 Å². The number of aromatic nitrogens is 1. The van der Waals surface area contributed by atoms with Gasteiger partial charge < -0.3 is 20.8 Å². The van der Waals surface area contributed by atoms with Gasteiger partial charge in [0.25, 0.3) is 5.91 Å². The van der Waals surface area contributed by atoms with Crippen LogP contribution in [0.1, 0.15) is 24.2 Å². The van der Waals surface area contributed by atoms with Crippen molar-refractivity contribution in [1.82, 2.24) is 15.6 Å². The topological polar surface area (TPSA) is 112 Å². The lowest BCUT2D eigenvalue weighted by Crippen LogP contribution is -2.32. The zero-order chi connectivity index (χ0) is 22.5. The van der Waals surface area contributed by atoms with Gasteiger partial charge in [-0.3, -0.25) is 4.79 Å². The second-order valence-corrected chi connectivity index (χ2v) is 7.27. The fourth-order valence-corrected chi connectivity index (χ4v) is 3.35. The van der Waals surface area contributed by atoms with E-state index in [0.717, 1.165) is 16.8 Å². The van der Waals surface area contributed by atoms with Crippen LogP contribution in [0.2, 0.25) is 0 Å². The first kappa shape index (κ1) is 23.4. The molecule has 0 spiro atoms. The smallest absolute Gasteiger partial charge is 0.475 e. The number of hydrogen-bond acceptors (Lipinski definition) is 6. The molecular weight excluding hydrogens is 423 g/mol. The van der Waals surface area contributed by atoms with Crippen molar-refractivity contribution < 1.29 is 33.0 Å². The van der Waals surface area contributed by atoms with Gasteiger partial charge in [0.1, 0.15) is 0 Å². The lowest BCUT2D eigenvalue weighted by molar-refractivity contribution is -0.192. The Morgan fingerprint density at radius 3 is 2.33 bits per heavy atom. The number of aliphatic carboxylic acids is 1. The molecule has 11 heteroatoms. The largest absolute Gasteiger partial charge is 0.490 e. The number of amides is 1. The quantitative estimate of drug-likeness (QED) is 0.578. The Morgan fingerprint density at radius 2 is 1.90 bits per heavy atom. The highest BCUT2D eigenvalue weighted by Crippen LogP contribution is 2.28. The van der Waals surface area contributed by atoms with Crippen molar-refractivity contribution in [2.75, 3.05) is 6.54 Å². The maximum atomic E-state index is 12.1. The first-order valence-corrected chi connectivity index (χ1v) is 9.62. The number of nitrogens with zero attached hydrogens (tertiary/aromatic N) is 1. The van der Waals surface area contributed by atoms with E-state index in [1.165, 1.54) is 11.0 Å². The third-order valence-corrected chi connectivity index (χ3v) is 5.09. The molecule has 0 saturated heterocycles. The van der Waals surface area contributed by atoms with Crippen LogP contribution in [0.25, 0.3) is 10.4 Å². The van der Waals surface area contributed by atoms with Crippen molar-refractivity contribution in [2.24, 2.45) is 0 Å². The molecule has 0 bridgehead atoms. The number of β-amino-alcohol motifs (C(OH)–C–C–N with tert-alkyl or cyclic N) is 1. The first-order chi connectivity index (χ1) is 14.0. The van der Waals surface area contributed by atoms with Gasteiger partial charge in [-0.25, -0.2) is 9.78 Å². The number of carboxylic acids is 1. The number of halogens is 3. The van der Waals surface area contributed by atoms with E-state index in [9.17, 15) is 23.1 Å². The molecule has 1 aliphatic heterocycles. The summed E-state index contributed by atoms with van der Waals surface area (Å²) in [4.78, 5) is 26.4. The number of aliphatic hydroxyl groups is 1. The molecule has 7 nitrogen and oxygen atoms in total. The van der Waals surface area contributed by atoms with Crippen molar-refractivity contribution in [3.8, 4) is 10.4 Å². The van der Waals surface area contributed by atoms with E-state index in [0.29, 0.717) is 12.2 Å². The van der Waals surface area contributed by atoms with Gasteiger partial charge in [-0.15, -0.1) is 11.3 Å². The number of aliphatic hydroxyl groups excluding tert-OH is 1. The van der Waals surface area contributed by atoms with E-state index in [-0.39, 0.29) is 11.9 Å². The second kappa shape index (κ2) is 9.72. The van der Waals surface area contributed by atoms with E-state index in [1.54, 1.807) is 11.3 Å². The normalized spacial score (nSPS) is 16.6. The number of nitrogens with one attached hydrogen (secondary N) is 2. The van der Waals surface area contributed by atoms with Gasteiger partial charge in [-0.05, 0) is 31.1 Å². The van der Waals surface area contributed by atoms with Gasteiger partial charge in [0.15, 0.2) is 0 Å². The van der Waals surface area contributed by atoms with Crippen LogP contribution >= 0.6 is 11.3 Å². The van der Waals surface area contributed by atoms with Crippen LogP contribution in [0.15, 0.2) is 41.5 Å². The molecule has 0 fully saturated rings. The molecule has 162 valence electrons. The fraction of sp³-hybridized carbons (Fsp3) is 0.316. The zero-order valence-electron chi connectivity index (χ0n) is 16.0. The third-order valence-electron chi connectivity index (χ3n) is 4.11. The monoisotopic (exact) mass is 443 g/mol. The summed E-state index contributed by atoms with van der Waals surface area (Å²) in [5.74, 6) is -2.95. The van der Waals surface area contributed by atoms with Crippen LogP contribution in [0, 0.1) is 6.92 Å². The van der Waals surface area contributed by atoms with Crippen LogP contribution in [-0.2, 0) is 9.59 Å². The average Bonchev–Trinajstić information content (AvgIpc) is 3.30. The standard InChI is InChI=1S/C17H19N3O2S.C2HF3O2/c1-10(20-17(22)15-7-14(21)8-18-15)12-3-5-13(6-4-12)16-11(2)19-9-23-16;3-2(4,5)1(6)7/h3-7,9-10,14,18,21H,8H2,1-2H3,(H,20,22);(H,6,7)/t10-,14+;/m0./s1. The number of carbonyl (C=O) groups excluding carboxylic acids is 1. The van der Waals surface area contributed by atoms with Gasteiger partial charge >= 0.3 is 12.1 Å². The fourth-order valence-electron chi connectivity index (χ4n) is 2.54. The summed E-state index contributed by atoms with van der Waals surface area (Å²) < 4.78 is 31.7. The minimum absolute atomic E-state index is 0.112. The van der Waals surface area contributed by atoms with Crippen molar-refractivity contribution >= 4 is 23.2 Å². The lowest BCUT2D eigenvalue weighted by atomic mass is 10.0. The number of rotatable bonds is 4. The molecule has 3 rings (SSSR count). The molecule has 30 heavy (non-hydrogen) atoms. The number of carboxylic acid groups (broad SMARTS) is 1. The van der Waals surface area contributed by atoms with E-state index < -0.39 is 18.2 Å². The number of aryl methyl sites for hydroxylation is 1. The summed E-state index contributed by atoms with van der Waals surface area (Å²) in [6, 6.07) is 8.03. The summed E-state index contributed by atoms with van der Waals surface area (Å²) in [5, 5.41) is 22.4. The Labute approximate surface area is 174 Å². The molecule has 4 N–H and O–H groups in total. The molecule has 0 unspecified atom stereocenters. The maximum Gasteiger partial charge on any atom is 0.490 e. The first-order valence-electron chi connectivity index (χ1n) is 8.74. The minimum Gasteiger partial charge on any atom is -0.475 e. The van der Waals surface area contributed by atoms with E-state index in [1.807, 2.05) is 31.5 Å². The van der Waals surface area contributed by atoms with Gasteiger partial charge in [0.2, 0.25) is 0 Å². The summed E-state index contributed by atoms with van der Waals surface area (Å²) in [5.41, 5.74) is 5.47. The van der Waals surface area contributed by atoms with Crippen molar-refractivity contribution in [2.45, 2.75) is 32.2 Å². The number of benzene rings is 1. The highest BCUT2D eigenvalue weighted by molar-refractivity contribution is 7.13. The SMILES string of the molecule is Cc1ncsc1-c1ccc([C@H](C)NC(=O)C2=C[C@@H](O)CN2)cc1.O=C(O)C(F)(F)F. The molecule has 2 atom stereocenters. The van der Waals surface area contributed by atoms with E-state index in [2.05, 4.69) is 27.8 Å². The van der Waals surface area contributed by atoms with Crippen molar-refractivity contribution in [3.05, 3.63) is 52.8 Å². The van der Waals surface area contributed by atoms with Gasteiger partial charge in [-0.1, -0.05) is 24.3 Å². The highest BCUT2D eigenvalue weighted by atomic mass is 32.1.